The van der Waals surface area contributed by atoms with Gasteiger partial charge in [0.05, 0.1) is 19.9 Å². The van der Waals surface area contributed by atoms with Crippen LogP contribution in [0.15, 0.2) is 48.8 Å². The molecule has 0 N–H and O–H groups in total. The largest absolute Gasteiger partial charge is 0.487 e. The molecule has 2 heterocycles. The Bertz CT molecular complexity index is 1090. The number of rotatable bonds is 8. The molecule has 0 aliphatic rings. The second kappa shape index (κ2) is 9.75. The van der Waals surface area contributed by atoms with E-state index in [1.54, 1.807) is 24.3 Å². The van der Waals surface area contributed by atoms with Crippen LogP contribution in [-0.2, 0) is 25.7 Å². The summed E-state index contributed by atoms with van der Waals surface area (Å²) in [4.78, 5) is 41.7. The van der Waals surface area contributed by atoms with Crippen LogP contribution in [-0.4, -0.2) is 59.4 Å². The quantitative estimate of drug-likeness (QED) is 0.509. The van der Waals surface area contributed by atoms with E-state index in [2.05, 4.69) is 14.5 Å². The number of carbonyl (C=O) groups excluding carboxylic acids is 3. The molecule has 0 saturated carbocycles. The van der Waals surface area contributed by atoms with Crippen LogP contribution in [0.3, 0.4) is 0 Å². The zero-order valence-corrected chi connectivity index (χ0v) is 17.5. The number of hydrogen-bond donors (Lipinski definition) is 0. The summed E-state index contributed by atoms with van der Waals surface area (Å²) in [6.45, 7) is 1.46. The van der Waals surface area contributed by atoms with Crippen LogP contribution in [0.5, 0.6) is 5.75 Å². The van der Waals surface area contributed by atoms with Crippen LogP contribution < -0.4 is 4.74 Å². The molecule has 9 nitrogen and oxygen atoms in total. The monoisotopic (exact) mass is 425 g/mol. The number of fused-ring (bicyclic) bond motifs is 1. The van der Waals surface area contributed by atoms with Crippen molar-refractivity contribution in [3.05, 3.63) is 65.6 Å². The van der Waals surface area contributed by atoms with Gasteiger partial charge in [0.25, 0.3) is 5.91 Å². The van der Waals surface area contributed by atoms with Gasteiger partial charge in [-0.15, -0.1) is 0 Å². The summed E-state index contributed by atoms with van der Waals surface area (Å²) in [6.07, 6.45) is 3.86. The summed E-state index contributed by atoms with van der Waals surface area (Å²) in [5, 5.41) is 0. The molecule has 9 heteroatoms. The minimum Gasteiger partial charge on any atom is -0.487 e. The number of aryl methyl sites for hydroxylation is 1. The first kappa shape index (κ1) is 21.8. The van der Waals surface area contributed by atoms with Gasteiger partial charge in [0.15, 0.2) is 0 Å². The van der Waals surface area contributed by atoms with Crippen molar-refractivity contribution in [2.45, 2.75) is 13.5 Å². The molecule has 3 aromatic rings. The summed E-state index contributed by atoms with van der Waals surface area (Å²) in [5.41, 5.74) is 2.93. The van der Waals surface area contributed by atoms with Crippen LogP contribution in [0.4, 0.5) is 0 Å². The smallest absolute Gasteiger partial charge is 0.325 e. The SMILES string of the molecule is COC(=O)CN(CC(=O)OC)C(=O)c1cccc(OCc2cn3cc(C)ccc3n2)c1. The molecule has 0 atom stereocenters. The van der Waals surface area contributed by atoms with Crippen LogP contribution in [0.25, 0.3) is 5.65 Å². The van der Waals surface area contributed by atoms with E-state index in [0.29, 0.717) is 5.75 Å². The summed E-state index contributed by atoms with van der Waals surface area (Å²) < 4.78 is 16.9. The number of carbonyl (C=O) groups is 3. The predicted octanol–water partition coefficient (Wildman–Crippen LogP) is 2.01. The third-order valence-corrected chi connectivity index (χ3v) is 4.50. The molecule has 0 radical (unpaired) electrons. The summed E-state index contributed by atoms with van der Waals surface area (Å²) >= 11 is 0. The lowest BCUT2D eigenvalue weighted by molar-refractivity contribution is -0.144. The van der Waals surface area contributed by atoms with E-state index in [0.717, 1.165) is 21.8 Å². The molecular formula is C22H23N3O6. The van der Waals surface area contributed by atoms with Crippen molar-refractivity contribution in [2.24, 2.45) is 0 Å². The molecule has 0 aliphatic heterocycles. The van der Waals surface area contributed by atoms with Gasteiger partial charge in [-0.1, -0.05) is 12.1 Å². The molecule has 162 valence electrons. The van der Waals surface area contributed by atoms with Gasteiger partial charge in [-0.05, 0) is 36.8 Å². The zero-order valence-electron chi connectivity index (χ0n) is 17.5. The average molecular weight is 425 g/mol. The first-order valence-corrected chi connectivity index (χ1v) is 9.49. The molecule has 1 aromatic carbocycles. The van der Waals surface area contributed by atoms with Crippen molar-refractivity contribution in [1.29, 1.82) is 0 Å². The Kier molecular flexibility index (Phi) is 6.86. The molecule has 0 aliphatic carbocycles. The van der Waals surface area contributed by atoms with Crippen molar-refractivity contribution >= 4 is 23.5 Å². The lowest BCUT2D eigenvalue weighted by atomic mass is 10.2. The fraction of sp³-hybridized carbons (Fsp3) is 0.273. The maximum absolute atomic E-state index is 12.9. The Balaban J connectivity index is 1.72. The number of benzene rings is 1. The van der Waals surface area contributed by atoms with E-state index in [4.69, 9.17) is 4.74 Å². The van der Waals surface area contributed by atoms with Crippen molar-refractivity contribution in [1.82, 2.24) is 14.3 Å². The minimum atomic E-state index is -0.647. The Labute approximate surface area is 179 Å². The first-order valence-electron chi connectivity index (χ1n) is 9.49. The molecule has 0 saturated heterocycles. The summed E-state index contributed by atoms with van der Waals surface area (Å²) in [6, 6.07) is 10.4. The molecule has 0 fully saturated rings. The molecule has 2 aromatic heterocycles. The minimum absolute atomic E-state index is 0.215. The van der Waals surface area contributed by atoms with Gasteiger partial charge >= 0.3 is 11.9 Å². The lowest BCUT2D eigenvalue weighted by Gasteiger charge is -2.20. The van der Waals surface area contributed by atoms with E-state index in [-0.39, 0.29) is 25.3 Å². The van der Waals surface area contributed by atoms with Crippen molar-refractivity contribution in [3.8, 4) is 5.75 Å². The van der Waals surface area contributed by atoms with Gasteiger partial charge in [-0.2, -0.15) is 0 Å². The third kappa shape index (κ3) is 5.59. The molecule has 0 bridgehead atoms. The van der Waals surface area contributed by atoms with Crippen molar-refractivity contribution < 1.29 is 28.6 Å². The highest BCUT2D eigenvalue weighted by atomic mass is 16.5. The van der Waals surface area contributed by atoms with Gasteiger partial charge in [-0.25, -0.2) is 4.98 Å². The normalized spacial score (nSPS) is 10.5. The number of methoxy groups -OCH3 is 2. The van der Waals surface area contributed by atoms with Crippen LogP contribution >= 0.6 is 0 Å². The Morgan fingerprint density at radius 3 is 2.39 bits per heavy atom. The number of esters is 2. The summed E-state index contributed by atoms with van der Waals surface area (Å²) in [7, 11) is 2.41. The number of pyridine rings is 1. The Morgan fingerprint density at radius 1 is 1.00 bits per heavy atom. The van der Waals surface area contributed by atoms with E-state index >= 15 is 0 Å². The maximum Gasteiger partial charge on any atom is 0.325 e. The number of ether oxygens (including phenoxy) is 3. The van der Waals surface area contributed by atoms with Crippen LogP contribution in [0.1, 0.15) is 21.6 Å². The molecular weight excluding hydrogens is 402 g/mol. The molecule has 0 spiro atoms. The fourth-order valence-corrected chi connectivity index (χ4v) is 2.92. The van der Waals surface area contributed by atoms with Gasteiger partial charge in [0.1, 0.15) is 31.1 Å². The highest BCUT2D eigenvalue weighted by molar-refractivity contribution is 5.98. The fourth-order valence-electron chi connectivity index (χ4n) is 2.92. The highest BCUT2D eigenvalue weighted by Crippen LogP contribution is 2.17. The van der Waals surface area contributed by atoms with Crippen molar-refractivity contribution in [2.75, 3.05) is 27.3 Å². The molecule has 0 unspecified atom stereocenters. The van der Waals surface area contributed by atoms with Gasteiger partial charge in [0.2, 0.25) is 0 Å². The van der Waals surface area contributed by atoms with E-state index in [1.807, 2.05) is 35.9 Å². The topological polar surface area (TPSA) is 99.4 Å². The Morgan fingerprint density at radius 2 is 1.71 bits per heavy atom. The molecule has 1 amide bonds. The van der Waals surface area contributed by atoms with Gasteiger partial charge < -0.3 is 23.5 Å². The van der Waals surface area contributed by atoms with E-state index in [9.17, 15) is 14.4 Å². The first-order chi connectivity index (χ1) is 14.9. The molecule has 3 rings (SSSR count). The molecule has 31 heavy (non-hydrogen) atoms. The van der Waals surface area contributed by atoms with Crippen LogP contribution in [0.2, 0.25) is 0 Å². The van der Waals surface area contributed by atoms with E-state index < -0.39 is 17.8 Å². The zero-order chi connectivity index (χ0) is 22.4. The van der Waals surface area contributed by atoms with Gasteiger partial charge in [0, 0.05) is 18.0 Å². The number of nitrogens with zero attached hydrogens (tertiary/aromatic N) is 3. The number of aromatic nitrogens is 2. The summed E-state index contributed by atoms with van der Waals surface area (Å²) in [5.74, 6) is -1.36. The number of hydrogen-bond acceptors (Lipinski definition) is 7. The maximum atomic E-state index is 12.9. The third-order valence-electron chi connectivity index (χ3n) is 4.50. The standard InChI is InChI=1S/C22H23N3O6/c1-15-7-8-19-23-17(11-24(19)10-15)14-31-18-6-4-5-16(9-18)22(28)25(12-20(26)29-2)13-21(27)30-3/h4-11H,12-14H2,1-3H3. The predicted molar refractivity (Wildman–Crippen MR) is 111 cm³/mol. The second-order valence-electron chi connectivity index (χ2n) is 6.83. The van der Waals surface area contributed by atoms with E-state index in [1.165, 1.54) is 14.2 Å². The second-order valence-corrected chi connectivity index (χ2v) is 6.83. The Hall–Kier alpha value is -3.88. The lowest BCUT2D eigenvalue weighted by Crippen LogP contribution is -2.40. The average Bonchev–Trinajstić information content (AvgIpc) is 3.18. The van der Waals surface area contributed by atoms with Crippen molar-refractivity contribution in [3.63, 3.8) is 0 Å². The highest BCUT2D eigenvalue weighted by Gasteiger charge is 2.22. The van der Waals surface area contributed by atoms with Gasteiger partial charge in [-0.3, -0.25) is 14.4 Å². The van der Waals surface area contributed by atoms with Crippen LogP contribution in [0, 0.1) is 6.92 Å². The number of imidazole rings is 1. The number of amides is 1.